The average Bonchev–Trinajstić information content (AvgIpc) is 3.70. The van der Waals surface area contributed by atoms with Crippen LogP contribution in [0.2, 0.25) is 0 Å². The molecule has 3 aliphatic heterocycles. The van der Waals surface area contributed by atoms with E-state index in [1.165, 1.54) is 18.2 Å². The molecule has 4 aliphatic rings. The van der Waals surface area contributed by atoms with Gasteiger partial charge in [-0.2, -0.15) is 5.26 Å². The molecule has 4 fully saturated rings. The largest absolute Gasteiger partial charge is 0.379 e. The molecule has 1 aliphatic carbocycles. The number of anilines is 2. The quantitative estimate of drug-likeness (QED) is 0.217. The molecule has 0 aromatic heterocycles. The standard InChI is InChI=1S/C42H50FN5O4S/c43-36-9-3-8-35(26-36)42(31-44,33-6-1-2-7-33)34-17-20-47(21-18-34)28-32-29-48(30-32)38-13-15-39(16-14-38)53(50,51)40-11-4-10-37(27-40)45-41(49)12-5-19-46-22-24-52-25-23-46/h3-5,8-16,26-27,32-34H,1-2,6-7,17-25,28-30H2,(H,45,49)/b12-5+/t42-/m0/s1. The van der Waals surface area contributed by atoms with E-state index in [-0.39, 0.29) is 33.4 Å². The van der Waals surface area contributed by atoms with Crippen LogP contribution in [0.5, 0.6) is 0 Å². The molecule has 1 saturated carbocycles. The van der Waals surface area contributed by atoms with Crippen LogP contribution in [0, 0.1) is 34.9 Å². The van der Waals surface area contributed by atoms with Crippen LogP contribution in [0.1, 0.15) is 44.1 Å². The van der Waals surface area contributed by atoms with Gasteiger partial charge in [-0.15, -0.1) is 0 Å². The highest BCUT2D eigenvalue weighted by Crippen LogP contribution is 2.50. The number of ether oxygens (including phenoxy) is 1. The van der Waals surface area contributed by atoms with Gasteiger partial charge in [-0.1, -0.05) is 37.1 Å². The molecule has 0 bridgehead atoms. The zero-order valence-corrected chi connectivity index (χ0v) is 31.2. The topological polar surface area (TPSA) is 106 Å². The lowest BCUT2D eigenvalue weighted by Gasteiger charge is -2.47. The number of nitriles is 1. The van der Waals surface area contributed by atoms with E-state index in [0.29, 0.717) is 31.4 Å². The minimum atomic E-state index is -3.78. The lowest BCUT2D eigenvalue weighted by molar-refractivity contribution is -0.111. The van der Waals surface area contributed by atoms with Crippen molar-refractivity contribution in [3.63, 3.8) is 0 Å². The molecule has 3 saturated heterocycles. The average molecular weight is 740 g/mol. The second-order valence-electron chi connectivity index (χ2n) is 15.1. The Kier molecular flexibility index (Phi) is 11.6. The summed E-state index contributed by atoms with van der Waals surface area (Å²) in [6.07, 6.45) is 9.52. The number of sulfone groups is 1. The molecule has 280 valence electrons. The molecule has 53 heavy (non-hydrogen) atoms. The predicted octanol–water partition coefficient (Wildman–Crippen LogP) is 6.29. The summed E-state index contributed by atoms with van der Waals surface area (Å²) in [5.41, 5.74) is 1.65. The van der Waals surface area contributed by atoms with Crippen LogP contribution in [-0.2, 0) is 24.8 Å². The van der Waals surface area contributed by atoms with Gasteiger partial charge in [-0.25, -0.2) is 12.8 Å². The Labute approximate surface area is 313 Å². The molecule has 1 atom stereocenters. The molecule has 1 N–H and O–H groups in total. The van der Waals surface area contributed by atoms with Crippen molar-refractivity contribution in [1.29, 1.82) is 5.26 Å². The number of morpholine rings is 1. The van der Waals surface area contributed by atoms with Crippen molar-refractivity contribution in [3.05, 3.63) is 96.3 Å². The highest BCUT2D eigenvalue weighted by molar-refractivity contribution is 7.91. The molecule has 0 spiro atoms. The third kappa shape index (κ3) is 8.36. The molecular formula is C42H50FN5O4S. The molecule has 0 unspecified atom stereocenters. The van der Waals surface area contributed by atoms with Crippen LogP contribution in [0.3, 0.4) is 0 Å². The van der Waals surface area contributed by atoms with Gasteiger partial charge in [-0.3, -0.25) is 9.69 Å². The normalized spacial score (nSPS) is 20.9. The number of hydrogen-bond acceptors (Lipinski definition) is 8. The summed E-state index contributed by atoms with van der Waals surface area (Å²) in [5, 5.41) is 13.5. The van der Waals surface area contributed by atoms with E-state index in [0.717, 1.165) is 95.6 Å². The molecule has 9 nitrogen and oxygen atoms in total. The van der Waals surface area contributed by atoms with Crippen molar-refractivity contribution in [2.75, 3.05) is 75.8 Å². The van der Waals surface area contributed by atoms with Crippen LogP contribution < -0.4 is 10.2 Å². The SMILES string of the molecule is N#C[C@](c1cccc(F)c1)(C1CCCC1)C1CCN(CC2CN(c3ccc(S(=O)(=O)c4cccc(NC(=O)/C=C/CN5CCOCC5)c4)cc3)C2)CC1. The summed E-state index contributed by atoms with van der Waals surface area (Å²) >= 11 is 0. The second kappa shape index (κ2) is 16.5. The number of rotatable bonds is 12. The minimum Gasteiger partial charge on any atom is -0.379 e. The van der Waals surface area contributed by atoms with Gasteiger partial charge in [0.05, 0.1) is 34.5 Å². The van der Waals surface area contributed by atoms with Crippen molar-refractivity contribution in [3.8, 4) is 6.07 Å². The fourth-order valence-corrected chi connectivity index (χ4v) is 10.3. The van der Waals surface area contributed by atoms with Crippen LogP contribution >= 0.6 is 0 Å². The molecular weight excluding hydrogens is 690 g/mol. The maximum atomic E-state index is 14.4. The van der Waals surface area contributed by atoms with E-state index in [4.69, 9.17) is 4.74 Å². The third-order valence-corrected chi connectivity index (χ3v) is 13.6. The van der Waals surface area contributed by atoms with Crippen molar-refractivity contribution in [1.82, 2.24) is 9.80 Å². The first kappa shape index (κ1) is 37.2. The number of likely N-dealkylation sites (tertiary alicyclic amines) is 1. The van der Waals surface area contributed by atoms with Crippen molar-refractivity contribution >= 4 is 27.1 Å². The highest BCUT2D eigenvalue weighted by Gasteiger charge is 2.49. The van der Waals surface area contributed by atoms with Crippen molar-refractivity contribution in [2.24, 2.45) is 17.8 Å². The number of benzene rings is 3. The number of nitrogens with zero attached hydrogens (tertiary/aromatic N) is 4. The monoisotopic (exact) mass is 739 g/mol. The summed E-state index contributed by atoms with van der Waals surface area (Å²) in [4.78, 5) is 19.8. The zero-order chi connectivity index (χ0) is 36.8. The van der Waals surface area contributed by atoms with E-state index < -0.39 is 15.3 Å². The Morgan fingerprint density at radius 1 is 0.887 bits per heavy atom. The van der Waals surface area contributed by atoms with E-state index in [9.17, 15) is 22.9 Å². The maximum Gasteiger partial charge on any atom is 0.248 e. The molecule has 7 rings (SSSR count). The molecule has 3 heterocycles. The predicted molar refractivity (Wildman–Crippen MR) is 204 cm³/mol. The van der Waals surface area contributed by atoms with Crippen LogP contribution in [0.25, 0.3) is 0 Å². The van der Waals surface area contributed by atoms with E-state index in [1.54, 1.807) is 48.5 Å². The Morgan fingerprint density at radius 2 is 1.58 bits per heavy atom. The van der Waals surface area contributed by atoms with Gasteiger partial charge < -0.3 is 19.9 Å². The smallest absolute Gasteiger partial charge is 0.248 e. The Hall–Kier alpha value is -4.08. The Bertz CT molecular complexity index is 1910. The van der Waals surface area contributed by atoms with Gasteiger partial charge in [0.25, 0.3) is 0 Å². The molecule has 3 aromatic carbocycles. The summed E-state index contributed by atoms with van der Waals surface area (Å²) < 4.78 is 46.8. The number of hydrogen-bond donors (Lipinski definition) is 1. The molecule has 0 radical (unpaired) electrons. The summed E-state index contributed by atoms with van der Waals surface area (Å²) in [7, 11) is -3.78. The van der Waals surface area contributed by atoms with Crippen molar-refractivity contribution in [2.45, 2.75) is 53.7 Å². The zero-order valence-electron chi connectivity index (χ0n) is 30.3. The first-order chi connectivity index (χ1) is 25.7. The fraction of sp³-hybridized carbons (Fsp3) is 0.476. The number of halogens is 1. The van der Waals surface area contributed by atoms with Gasteiger partial charge in [0.2, 0.25) is 15.7 Å². The third-order valence-electron chi connectivity index (χ3n) is 11.9. The molecule has 11 heteroatoms. The number of nitrogens with one attached hydrogen (secondary N) is 1. The van der Waals surface area contributed by atoms with Gasteiger partial charge >= 0.3 is 0 Å². The lowest BCUT2D eigenvalue weighted by Crippen LogP contribution is -2.53. The first-order valence-corrected chi connectivity index (χ1v) is 20.6. The van der Waals surface area contributed by atoms with Crippen molar-refractivity contribution < 1.29 is 22.3 Å². The number of carbonyl (C=O) groups excluding carboxylic acids is 1. The summed E-state index contributed by atoms with van der Waals surface area (Å²) in [5.74, 6) is 0.440. The van der Waals surface area contributed by atoms with Gasteiger partial charge in [0, 0.05) is 62.6 Å². The Morgan fingerprint density at radius 3 is 2.28 bits per heavy atom. The van der Waals surface area contributed by atoms with Gasteiger partial charge in [-0.05, 0) is 111 Å². The van der Waals surface area contributed by atoms with Crippen LogP contribution in [0.15, 0.2) is 94.7 Å². The maximum absolute atomic E-state index is 14.4. The van der Waals surface area contributed by atoms with Gasteiger partial charge in [0.1, 0.15) is 5.82 Å². The minimum absolute atomic E-state index is 0.124. The second-order valence-corrected chi connectivity index (χ2v) is 17.1. The van der Waals surface area contributed by atoms with E-state index >= 15 is 0 Å². The number of carbonyl (C=O) groups is 1. The van der Waals surface area contributed by atoms with E-state index in [1.807, 2.05) is 18.2 Å². The van der Waals surface area contributed by atoms with Crippen LogP contribution in [-0.4, -0.2) is 89.7 Å². The molecule has 1 amide bonds. The summed E-state index contributed by atoms with van der Waals surface area (Å²) in [6, 6.07) is 23.0. The molecule has 3 aromatic rings. The Balaban J connectivity index is 0.899. The van der Waals surface area contributed by atoms with Gasteiger partial charge in [0.15, 0.2) is 0 Å². The first-order valence-electron chi connectivity index (χ1n) is 19.1. The highest BCUT2D eigenvalue weighted by atomic mass is 32.2. The fourth-order valence-electron chi connectivity index (χ4n) is 9.00. The van der Waals surface area contributed by atoms with Crippen LogP contribution in [0.4, 0.5) is 15.8 Å². The summed E-state index contributed by atoms with van der Waals surface area (Å²) in [6.45, 7) is 8.39. The number of amides is 1. The van der Waals surface area contributed by atoms with E-state index in [2.05, 4.69) is 26.1 Å². The lowest BCUT2D eigenvalue weighted by atomic mass is 9.60. The number of piperidine rings is 1.